The maximum atomic E-state index is 12.3. The van der Waals surface area contributed by atoms with Crippen LogP contribution in [0.5, 0.6) is 11.5 Å². The van der Waals surface area contributed by atoms with E-state index in [1.807, 2.05) is 30.5 Å². The first-order valence-corrected chi connectivity index (χ1v) is 8.56. The molecule has 0 aliphatic carbocycles. The topological polar surface area (TPSA) is 71.3 Å². The first kappa shape index (κ1) is 18.7. The van der Waals surface area contributed by atoms with Gasteiger partial charge in [-0.2, -0.15) is 5.26 Å². The standard InChI is InChI=1S/C19H20N2O3S/c1-13(17-9-6-15(23-2)11-18(17)24-3)10-19(22)21-14-4-7-16(8-5-14)25-12-20/h4-9,11,13H,10H2,1-3H3,(H,21,22). The molecule has 0 fully saturated rings. The minimum absolute atomic E-state index is 0.00530. The van der Waals surface area contributed by atoms with Gasteiger partial charge in [0.25, 0.3) is 0 Å². The summed E-state index contributed by atoms with van der Waals surface area (Å²) in [6.07, 6.45) is 0.331. The highest BCUT2D eigenvalue weighted by Crippen LogP contribution is 2.32. The zero-order valence-electron chi connectivity index (χ0n) is 14.4. The second-order valence-corrected chi connectivity index (χ2v) is 6.34. The van der Waals surface area contributed by atoms with E-state index in [1.54, 1.807) is 38.5 Å². The van der Waals surface area contributed by atoms with Gasteiger partial charge < -0.3 is 14.8 Å². The van der Waals surface area contributed by atoms with E-state index in [2.05, 4.69) is 5.32 Å². The van der Waals surface area contributed by atoms with Crippen LogP contribution in [0.3, 0.4) is 0 Å². The highest BCUT2D eigenvalue weighted by molar-refractivity contribution is 8.03. The zero-order valence-corrected chi connectivity index (χ0v) is 15.2. The van der Waals surface area contributed by atoms with Crippen molar-refractivity contribution in [1.82, 2.24) is 0 Å². The number of benzene rings is 2. The molecule has 0 saturated carbocycles. The van der Waals surface area contributed by atoms with Crippen molar-refractivity contribution < 1.29 is 14.3 Å². The van der Waals surface area contributed by atoms with Gasteiger partial charge in [0.15, 0.2) is 0 Å². The quantitative estimate of drug-likeness (QED) is 0.588. The highest BCUT2D eigenvalue weighted by atomic mass is 32.2. The number of hydrogen-bond acceptors (Lipinski definition) is 5. The molecule has 0 aromatic heterocycles. The Labute approximate surface area is 151 Å². The van der Waals surface area contributed by atoms with Crippen LogP contribution in [-0.4, -0.2) is 20.1 Å². The van der Waals surface area contributed by atoms with E-state index in [0.29, 0.717) is 23.6 Å². The molecule has 0 heterocycles. The predicted molar refractivity (Wildman–Crippen MR) is 99.1 cm³/mol. The normalized spacial score (nSPS) is 11.3. The van der Waals surface area contributed by atoms with Crippen molar-refractivity contribution in [2.45, 2.75) is 24.2 Å². The average molecular weight is 356 g/mol. The van der Waals surface area contributed by atoms with Crippen molar-refractivity contribution in [1.29, 1.82) is 5.26 Å². The second-order valence-electron chi connectivity index (χ2n) is 5.48. The molecule has 0 bridgehead atoms. The Kier molecular flexibility index (Phi) is 6.72. The molecule has 1 N–H and O–H groups in total. The van der Waals surface area contributed by atoms with Gasteiger partial charge in [-0.25, -0.2) is 0 Å². The summed E-state index contributed by atoms with van der Waals surface area (Å²) in [7, 11) is 3.21. The Morgan fingerprint density at radius 1 is 1.20 bits per heavy atom. The number of hydrogen-bond donors (Lipinski definition) is 1. The molecule has 2 aromatic carbocycles. The second kappa shape index (κ2) is 9.00. The molecule has 0 spiro atoms. The monoisotopic (exact) mass is 356 g/mol. The van der Waals surface area contributed by atoms with Crippen LogP contribution in [0.1, 0.15) is 24.8 Å². The molecule has 2 aromatic rings. The highest BCUT2D eigenvalue weighted by Gasteiger charge is 2.16. The van der Waals surface area contributed by atoms with Gasteiger partial charge in [0.1, 0.15) is 16.9 Å². The first-order valence-electron chi connectivity index (χ1n) is 7.75. The van der Waals surface area contributed by atoms with Crippen molar-refractivity contribution in [3.8, 4) is 16.9 Å². The lowest BCUT2D eigenvalue weighted by Crippen LogP contribution is -2.14. The number of nitrogens with one attached hydrogen (secondary N) is 1. The van der Waals surface area contributed by atoms with Crippen molar-refractivity contribution in [2.24, 2.45) is 0 Å². The van der Waals surface area contributed by atoms with E-state index < -0.39 is 0 Å². The predicted octanol–water partition coefficient (Wildman–Crippen LogP) is 4.41. The fraction of sp³-hybridized carbons (Fsp3) is 0.263. The molecule has 1 amide bonds. The number of carbonyl (C=O) groups excluding carboxylic acids is 1. The van der Waals surface area contributed by atoms with Crippen LogP contribution in [0.2, 0.25) is 0 Å². The number of methoxy groups -OCH3 is 2. The molecule has 2 rings (SSSR count). The lowest BCUT2D eigenvalue weighted by molar-refractivity contribution is -0.116. The molecule has 0 aliphatic heterocycles. The third-order valence-corrected chi connectivity index (χ3v) is 4.36. The maximum Gasteiger partial charge on any atom is 0.224 e. The number of ether oxygens (including phenoxy) is 2. The summed E-state index contributed by atoms with van der Waals surface area (Å²) in [6, 6.07) is 12.8. The van der Waals surface area contributed by atoms with Crippen LogP contribution in [0.4, 0.5) is 5.69 Å². The van der Waals surface area contributed by atoms with Crippen molar-refractivity contribution in [3.05, 3.63) is 48.0 Å². The van der Waals surface area contributed by atoms with Crippen LogP contribution in [-0.2, 0) is 4.79 Å². The van der Waals surface area contributed by atoms with Gasteiger partial charge in [-0.05, 0) is 53.6 Å². The van der Waals surface area contributed by atoms with Gasteiger partial charge in [-0.3, -0.25) is 4.79 Å². The van der Waals surface area contributed by atoms with Gasteiger partial charge >= 0.3 is 0 Å². The molecule has 5 nitrogen and oxygen atoms in total. The summed E-state index contributed by atoms with van der Waals surface area (Å²) < 4.78 is 10.6. The smallest absolute Gasteiger partial charge is 0.224 e. The number of thiocyanates is 1. The van der Waals surface area contributed by atoms with Gasteiger partial charge in [-0.1, -0.05) is 13.0 Å². The first-order chi connectivity index (χ1) is 12.1. The molecule has 130 valence electrons. The number of amides is 1. The van der Waals surface area contributed by atoms with Crippen LogP contribution in [0, 0.1) is 10.7 Å². The van der Waals surface area contributed by atoms with Gasteiger partial charge in [0.2, 0.25) is 5.91 Å². The molecular formula is C19H20N2O3S. The van der Waals surface area contributed by atoms with E-state index in [4.69, 9.17) is 14.7 Å². The fourth-order valence-electron chi connectivity index (χ4n) is 2.48. The fourth-order valence-corrected chi connectivity index (χ4v) is 2.86. The lowest BCUT2D eigenvalue weighted by atomic mass is 9.96. The Bertz CT molecular complexity index is 769. The van der Waals surface area contributed by atoms with E-state index in [0.717, 1.165) is 22.2 Å². The lowest BCUT2D eigenvalue weighted by Gasteiger charge is -2.16. The summed E-state index contributed by atoms with van der Waals surface area (Å²) in [4.78, 5) is 13.1. The van der Waals surface area contributed by atoms with E-state index in [-0.39, 0.29) is 11.8 Å². The zero-order chi connectivity index (χ0) is 18.2. The average Bonchev–Trinajstić information content (AvgIpc) is 2.62. The van der Waals surface area contributed by atoms with Crippen molar-refractivity contribution in [2.75, 3.05) is 19.5 Å². The third-order valence-electron chi connectivity index (χ3n) is 3.76. The largest absolute Gasteiger partial charge is 0.497 e. The molecule has 1 unspecified atom stereocenters. The number of rotatable bonds is 7. The number of carbonyl (C=O) groups is 1. The van der Waals surface area contributed by atoms with Crippen LogP contribution in [0.25, 0.3) is 0 Å². The van der Waals surface area contributed by atoms with Crippen LogP contribution < -0.4 is 14.8 Å². The summed E-state index contributed by atoms with van der Waals surface area (Å²) in [5.41, 5.74) is 1.67. The number of anilines is 1. The molecule has 1 atom stereocenters. The minimum atomic E-state index is -0.0777. The number of nitrogens with zero attached hydrogens (tertiary/aromatic N) is 1. The van der Waals surface area contributed by atoms with Crippen LogP contribution in [0.15, 0.2) is 47.4 Å². The van der Waals surface area contributed by atoms with Gasteiger partial charge in [-0.15, -0.1) is 0 Å². The minimum Gasteiger partial charge on any atom is -0.497 e. The number of thioether (sulfide) groups is 1. The molecular weight excluding hydrogens is 336 g/mol. The Hall–Kier alpha value is -2.65. The van der Waals surface area contributed by atoms with Crippen LogP contribution >= 0.6 is 11.8 Å². The van der Waals surface area contributed by atoms with Crippen molar-refractivity contribution in [3.63, 3.8) is 0 Å². The van der Waals surface area contributed by atoms with Gasteiger partial charge in [0, 0.05) is 23.1 Å². The Morgan fingerprint density at radius 2 is 1.92 bits per heavy atom. The SMILES string of the molecule is COc1ccc(C(C)CC(=O)Nc2ccc(SC#N)cc2)c(OC)c1. The number of nitriles is 1. The van der Waals surface area contributed by atoms with Gasteiger partial charge in [0.05, 0.1) is 14.2 Å². The molecule has 0 aliphatic rings. The van der Waals surface area contributed by atoms with E-state index in [1.165, 1.54) is 0 Å². The van der Waals surface area contributed by atoms with E-state index in [9.17, 15) is 4.79 Å². The summed E-state index contributed by atoms with van der Waals surface area (Å²) in [6.45, 7) is 1.98. The Balaban J connectivity index is 2.01. The molecule has 0 radical (unpaired) electrons. The van der Waals surface area contributed by atoms with E-state index >= 15 is 0 Å². The summed E-state index contributed by atoms with van der Waals surface area (Å²) >= 11 is 1.09. The molecule has 6 heteroatoms. The van der Waals surface area contributed by atoms with Crippen molar-refractivity contribution >= 4 is 23.4 Å². The Morgan fingerprint density at radius 3 is 2.52 bits per heavy atom. The summed E-state index contributed by atoms with van der Waals surface area (Å²) in [5.74, 6) is 1.34. The summed E-state index contributed by atoms with van der Waals surface area (Å²) in [5, 5.41) is 13.5. The maximum absolute atomic E-state index is 12.3. The molecule has 25 heavy (non-hydrogen) atoms. The third kappa shape index (κ3) is 5.16. The molecule has 0 saturated heterocycles.